The molecule has 1 saturated heterocycles. The van der Waals surface area contributed by atoms with Gasteiger partial charge in [-0.25, -0.2) is 4.79 Å². The fourth-order valence-corrected chi connectivity index (χ4v) is 2.54. The van der Waals surface area contributed by atoms with Crippen LogP contribution < -0.4 is 5.56 Å². The van der Waals surface area contributed by atoms with Crippen LogP contribution >= 0.6 is 0 Å². The summed E-state index contributed by atoms with van der Waals surface area (Å²) in [6, 6.07) is 8.24. The van der Waals surface area contributed by atoms with E-state index < -0.39 is 12.1 Å². The summed E-state index contributed by atoms with van der Waals surface area (Å²) in [4.78, 5) is 39.5. The molecule has 7 heteroatoms. The highest BCUT2D eigenvalue weighted by atomic mass is 16.5. The summed E-state index contributed by atoms with van der Waals surface area (Å²) in [5.41, 5.74) is 0.469. The molecule has 0 spiro atoms. The number of carboxylic acids is 1. The van der Waals surface area contributed by atoms with Gasteiger partial charge in [-0.3, -0.25) is 9.59 Å². The van der Waals surface area contributed by atoms with Crippen LogP contribution in [0.25, 0.3) is 10.9 Å². The van der Waals surface area contributed by atoms with Crippen molar-refractivity contribution >= 4 is 22.8 Å². The van der Waals surface area contributed by atoms with Crippen molar-refractivity contribution in [3.8, 4) is 0 Å². The number of rotatable bonds is 2. The highest BCUT2D eigenvalue weighted by Gasteiger charge is 2.30. The highest BCUT2D eigenvalue weighted by molar-refractivity contribution is 6.06. The molecule has 0 aliphatic carbocycles. The number of para-hydroxylation sites is 1. The minimum absolute atomic E-state index is 0.0324. The number of benzene rings is 1. The second-order valence-electron chi connectivity index (χ2n) is 5.04. The van der Waals surface area contributed by atoms with Crippen molar-refractivity contribution in [1.29, 1.82) is 0 Å². The largest absolute Gasteiger partial charge is 0.479 e. The van der Waals surface area contributed by atoms with E-state index in [-0.39, 0.29) is 30.2 Å². The van der Waals surface area contributed by atoms with Crippen LogP contribution in [0.5, 0.6) is 0 Å². The molecule has 1 atom stereocenters. The Hall–Kier alpha value is -2.67. The van der Waals surface area contributed by atoms with E-state index in [1.54, 1.807) is 24.3 Å². The van der Waals surface area contributed by atoms with Crippen LogP contribution in [0.1, 0.15) is 10.4 Å². The molecule has 2 heterocycles. The summed E-state index contributed by atoms with van der Waals surface area (Å²) in [5.74, 6) is -1.47. The summed E-state index contributed by atoms with van der Waals surface area (Å²) in [5, 5.41) is 9.64. The van der Waals surface area contributed by atoms with Gasteiger partial charge in [0.1, 0.15) is 0 Å². The molecule has 3 rings (SSSR count). The van der Waals surface area contributed by atoms with Crippen LogP contribution in [-0.2, 0) is 9.53 Å². The van der Waals surface area contributed by atoms with Gasteiger partial charge in [-0.1, -0.05) is 18.2 Å². The van der Waals surface area contributed by atoms with Crippen molar-refractivity contribution in [3.63, 3.8) is 0 Å². The van der Waals surface area contributed by atoms with Crippen molar-refractivity contribution in [2.75, 3.05) is 19.7 Å². The molecule has 22 heavy (non-hydrogen) atoms. The molecular weight excluding hydrogens is 288 g/mol. The Morgan fingerprint density at radius 2 is 2.09 bits per heavy atom. The zero-order chi connectivity index (χ0) is 15.7. The number of amides is 1. The fourth-order valence-electron chi connectivity index (χ4n) is 2.54. The number of aromatic nitrogens is 1. The molecule has 1 amide bonds. The smallest absolute Gasteiger partial charge is 0.334 e. The first-order valence-corrected chi connectivity index (χ1v) is 6.82. The number of nitrogens with one attached hydrogen (secondary N) is 1. The van der Waals surface area contributed by atoms with E-state index in [1.807, 2.05) is 0 Å². The lowest BCUT2D eigenvalue weighted by molar-refractivity contribution is -0.154. The molecule has 1 aromatic carbocycles. The third-order valence-electron chi connectivity index (χ3n) is 3.61. The molecule has 0 radical (unpaired) electrons. The number of hydrogen-bond acceptors (Lipinski definition) is 4. The summed E-state index contributed by atoms with van der Waals surface area (Å²) in [7, 11) is 0. The molecule has 1 aliphatic rings. The van der Waals surface area contributed by atoms with Crippen LogP contribution in [0.4, 0.5) is 0 Å². The standard InChI is InChI=1S/C15H14N2O5/c18-13-7-10(9-3-1-2-4-11(9)16-13)14(19)17-5-6-22-12(8-17)15(20)21/h1-4,7,12H,5-6,8H2,(H,16,18)(H,20,21). The average molecular weight is 302 g/mol. The number of nitrogens with zero attached hydrogens (tertiary/aromatic N) is 1. The minimum atomic E-state index is -1.10. The Balaban J connectivity index is 1.98. The summed E-state index contributed by atoms with van der Waals surface area (Å²) >= 11 is 0. The Kier molecular flexibility index (Phi) is 3.64. The van der Waals surface area contributed by atoms with E-state index in [1.165, 1.54) is 11.0 Å². The van der Waals surface area contributed by atoms with Gasteiger partial charge in [0.15, 0.2) is 6.10 Å². The predicted molar refractivity (Wildman–Crippen MR) is 77.8 cm³/mol. The molecule has 1 aliphatic heterocycles. The van der Waals surface area contributed by atoms with E-state index in [2.05, 4.69) is 4.98 Å². The van der Waals surface area contributed by atoms with Gasteiger partial charge < -0.3 is 19.7 Å². The Morgan fingerprint density at radius 1 is 1.32 bits per heavy atom. The first-order valence-electron chi connectivity index (χ1n) is 6.82. The molecule has 2 N–H and O–H groups in total. The van der Waals surface area contributed by atoms with Crippen LogP contribution in [-0.4, -0.2) is 52.7 Å². The van der Waals surface area contributed by atoms with Crippen LogP contribution in [0, 0.1) is 0 Å². The molecule has 1 aromatic heterocycles. The Morgan fingerprint density at radius 3 is 2.86 bits per heavy atom. The van der Waals surface area contributed by atoms with Gasteiger partial charge in [0.2, 0.25) is 5.56 Å². The lowest BCUT2D eigenvalue weighted by Gasteiger charge is -2.31. The van der Waals surface area contributed by atoms with Crippen molar-refractivity contribution in [3.05, 3.63) is 46.2 Å². The molecule has 114 valence electrons. The Labute approximate surface area is 125 Å². The van der Waals surface area contributed by atoms with E-state index in [0.29, 0.717) is 17.4 Å². The zero-order valence-electron chi connectivity index (χ0n) is 11.6. The lowest BCUT2D eigenvalue weighted by Crippen LogP contribution is -2.48. The number of carboxylic acid groups (broad SMARTS) is 1. The molecule has 1 unspecified atom stereocenters. The number of carbonyl (C=O) groups is 2. The highest BCUT2D eigenvalue weighted by Crippen LogP contribution is 2.18. The second-order valence-corrected chi connectivity index (χ2v) is 5.04. The average Bonchev–Trinajstić information content (AvgIpc) is 2.53. The van der Waals surface area contributed by atoms with E-state index in [4.69, 9.17) is 9.84 Å². The first-order chi connectivity index (χ1) is 10.6. The number of hydrogen-bond donors (Lipinski definition) is 2. The zero-order valence-corrected chi connectivity index (χ0v) is 11.6. The number of ether oxygens (including phenoxy) is 1. The third-order valence-corrected chi connectivity index (χ3v) is 3.61. The number of fused-ring (bicyclic) bond motifs is 1. The lowest BCUT2D eigenvalue weighted by atomic mass is 10.1. The number of aliphatic carboxylic acids is 1. The molecule has 0 saturated carbocycles. The van der Waals surface area contributed by atoms with Crippen molar-refractivity contribution < 1.29 is 19.4 Å². The number of pyridine rings is 1. The van der Waals surface area contributed by atoms with Crippen LogP contribution in [0.3, 0.4) is 0 Å². The van der Waals surface area contributed by atoms with Gasteiger partial charge in [-0.05, 0) is 6.07 Å². The topological polar surface area (TPSA) is 99.7 Å². The van der Waals surface area contributed by atoms with E-state index in [9.17, 15) is 14.4 Å². The Bertz CT molecular complexity index is 798. The van der Waals surface area contributed by atoms with Crippen molar-refractivity contribution in [1.82, 2.24) is 9.88 Å². The van der Waals surface area contributed by atoms with Gasteiger partial charge in [0, 0.05) is 23.5 Å². The monoisotopic (exact) mass is 302 g/mol. The number of carbonyl (C=O) groups excluding carboxylic acids is 1. The van der Waals surface area contributed by atoms with Gasteiger partial charge >= 0.3 is 5.97 Å². The molecule has 1 fully saturated rings. The molecule has 0 bridgehead atoms. The summed E-state index contributed by atoms with van der Waals surface area (Å²) in [6.07, 6.45) is -1.04. The van der Waals surface area contributed by atoms with Crippen molar-refractivity contribution in [2.45, 2.75) is 6.10 Å². The maximum Gasteiger partial charge on any atom is 0.334 e. The number of H-pyrrole nitrogens is 1. The van der Waals surface area contributed by atoms with E-state index >= 15 is 0 Å². The minimum Gasteiger partial charge on any atom is -0.479 e. The van der Waals surface area contributed by atoms with Crippen molar-refractivity contribution in [2.24, 2.45) is 0 Å². The second kappa shape index (κ2) is 5.61. The van der Waals surface area contributed by atoms with Gasteiger partial charge in [-0.2, -0.15) is 0 Å². The molecule has 2 aromatic rings. The molecular formula is C15H14N2O5. The fraction of sp³-hybridized carbons (Fsp3) is 0.267. The SMILES string of the molecule is O=C(O)C1CN(C(=O)c2cc(=O)[nH]c3ccccc23)CCO1. The number of morpholine rings is 1. The summed E-state index contributed by atoms with van der Waals surface area (Å²) < 4.78 is 5.11. The predicted octanol–water partition coefficient (Wildman–Crippen LogP) is 0.454. The number of aromatic amines is 1. The normalized spacial score (nSPS) is 18.4. The third kappa shape index (κ3) is 2.58. The maximum absolute atomic E-state index is 12.7. The van der Waals surface area contributed by atoms with Gasteiger partial charge in [0.05, 0.1) is 18.7 Å². The van der Waals surface area contributed by atoms with Gasteiger partial charge in [0.25, 0.3) is 5.91 Å². The van der Waals surface area contributed by atoms with Crippen LogP contribution in [0.15, 0.2) is 35.1 Å². The summed E-state index contributed by atoms with van der Waals surface area (Å²) in [6.45, 7) is 0.420. The quantitative estimate of drug-likeness (QED) is 0.839. The van der Waals surface area contributed by atoms with Gasteiger partial charge in [-0.15, -0.1) is 0 Å². The first kappa shape index (κ1) is 14.3. The maximum atomic E-state index is 12.7. The van der Waals surface area contributed by atoms with Crippen LogP contribution in [0.2, 0.25) is 0 Å². The molecule has 7 nitrogen and oxygen atoms in total. The van der Waals surface area contributed by atoms with E-state index in [0.717, 1.165) is 0 Å².